The number of pyridine rings is 2. The number of aliphatic hydroxyl groups is 1. The van der Waals surface area contributed by atoms with Crippen molar-refractivity contribution < 1.29 is 14.7 Å². The number of hydrogen-bond donors (Lipinski definition) is 2. The number of rotatable bonds is 6. The lowest BCUT2D eigenvalue weighted by Crippen LogP contribution is -2.50. The van der Waals surface area contributed by atoms with Crippen LogP contribution in [0.2, 0.25) is 0 Å². The van der Waals surface area contributed by atoms with E-state index in [0.717, 1.165) is 6.42 Å². The highest BCUT2D eigenvalue weighted by atomic mass is 16.3. The summed E-state index contributed by atoms with van der Waals surface area (Å²) in [5.41, 5.74) is 1.49. The lowest BCUT2D eigenvalue weighted by Gasteiger charge is -2.31. The van der Waals surface area contributed by atoms with E-state index in [-0.39, 0.29) is 29.9 Å². The Bertz CT molecular complexity index is 1090. The van der Waals surface area contributed by atoms with Crippen molar-refractivity contribution in [3.05, 3.63) is 69.9 Å². The predicted molar refractivity (Wildman–Crippen MR) is 120 cm³/mol. The second kappa shape index (κ2) is 9.08. The van der Waals surface area contributed by atoms with Crippen LogP contribution in [0, 0.1) is 11.8 Å². The Balaban J connectivity index is 1.83. The van der Waals surface area contributed by atoms with Gasteiger partial charge >= 0.3 is 0 Å². The van der Waals surface area contributed by atoms with Gasteiger partial charge in [0.15, 0.2) is 0 Å². The lowest BCUT2D eigenvalue weighted by atomic mass is 9.88. The van der Waals surface area contributed by atoms with Crippen LogP contribution in [0.5, 0.6) is 0 Å². The molecule has 2 N–H and O–H groups in total. The van der Waals surface area contributed by atoms with Crippen molar-refractivity contribution in [1.29, 1.82) is 0 Å². The minimum atomic E-state index is -0.826. The van der Waals surface area contributed by atoms with Gasteiger partial charge in [0.2, 0.25) is 5.91 Å². The van der Waals surface area contributed by atoms with Crippen LogP contribution in [0.15, 0.2) is 47.5 Å². The Hall–Kier alpha value is -3.26. The van der Waals surface area contributed by atoms with Crippen molar-refractivity contribution in [3.8, 4) is 0 Å². The number of amides is 2. The first-order valence-electron chi connectivity index (χ1n) is 11.0. The average Bonchev–Trinajstić information content (AvgIpc) is 3.34. The Morgan fingerprint density at radius 3 is 2.78 bits per heavy atom. The topological polar surface area (TPSA) is 105 Å². The summed E-state index contributed by atoms with van der Waals surface area (Å²) in [7, 11) is 0. The normalized spacial score (nSPS) is 23.9. The lowest BCUT2D eigenvalue weighted by molar-refractivity contribution is -0.126. The van der Waals surface area contributed by atoms with Gasteiger partial charge in [-0.05, 0) is 37.6 Å². The first-order chi connectivity index (χ1) is 15.5. The molecule has 32 heavy (non-hydrogen) atoms. The maximum absolute atomic E-state index is 13.6. The van der Waals surface area contributed by atoms with Gasteiger partial charge in [0.05, 0.1) is 11.6 Å². The number of nitrogens with one attached hydrogen (secondary N) is 1. The van der Waals surface area contributed by atoms with E-state index in [2.05, 4.69) is 10.3 Å². The maximum Gasteiger partial charge on any atom is 0.258 e. The second-order valence-corrected chi connectivity index (χ2v) is 8.27. The first kappa shape index (κ1) is 22.0. The molecule has 0 aliphatic carbocycles. The molecule has 4 rings (SSSR count). The van der Waals surface area contributed by atoms with E-state index >= 15 is 0 Å². The molecule has 2 aromatic rings. The van der Waals surface area contributed by atoms with Gasteiger partial charge in [0, 0.05) is 55.2 Å². The van der Waals surface area contributed by atoms with Crippen molar-refractivity contribution in [3.63, 3.8) is 0 Å². The first-order valence-corrected chi connectivity index (χ1v) is 11.0. The van der Waals surface area contributed by atoms with Crippen LogP contribution in [0.25, 0.3) is 6.08 Å². The van der Waals surface area contributed by atoms with Crippen LogP contribution in [-0.4, -0.2) is 50.6 Å². The van der Waals surface area contributed by atoms with Crippen LogP contribution in [0.1, 0.15) is 47.9 Å². The van der Waals surface area contributed by atoms with Crippen LogP contribution < -0.4 is 10.9 Å². The fourth-order valence-electron chi connectivity index (χ4n) is 5.02. The SMILES string of the molecule is C/C=C/c1ccc2n(c1=O)C[C@@H]1[C@@H](CO)[C@H](C(=O)NCCC)N(C(=O)c3cccnc3)[C@H]21. The summed E-state index contributed by atoms with van der Waals surface area (Å²) in [4.78, 5) is 45.4. The number of hydrogen-bond acceptors (Lipinski definition) is 5. The van der Waals surface area contributed by atoms with Crippen molar-refractivity contribution in [2.45, 2.75) is 38.9 Å². The molecule has 2 aliphatic rings. The molecular formula is C24H28N4O4. The van der Waals surface area contributed by atoms with Gasteiger partial charge in [-0.3, -0.25) is 19.4 Å². The molecule has 0 unspecified atom stereocenters. The van der Waals surface area contributed by atoms with Crippen molar-refractivity contribution in [1.82, 2.24) is 19.8 Å². The number of aromatic nitrogens is 2. The molecule has 0 bridgehead atoms. The highest BCUT2D eigenvalue weighted by molar-refractivity contribution is 5.98. The fraction of sp³-hybridized carbons (Fsp3) is 0.417. The number of nitrogens with zero attached hydrogens (tertiary/aromatic N) is 3. The number of likely N-dealkylation sites (tertiary alicyclic amines) is 1. The molecule has 4 heterocycles. The van der Waals surface area contributed by atoms with Gasteiger partial charge in [0.25, 0.3) is 11.5 Å². The van der Waals surface area contributed by atoms with Crippen molar-refractivity contribution >= 4 is 17.9 Å². The minimum Gasteiger partial charge on any atom is -0.396 e. The Morgan fingerprint density at radius 1 is 1.31 bits per heavy atom. The maximum atomic E-state index is 13.6. The van der Waals surface area contributed by atoms with E-state index in [1.54, 1.807) is 39.9 Å². The standard InChI is InChI=1S/C24H28N4O4/c1-3-6-15-8-9-19-20-17(13-27(19)23(15)31)18(14-29)21(22(30)26-10-4-2)28(20)24(32)16-7-5-11-25-12-16/h3,5-9,11-12,17-18,20-21,29H,4,10,13-14H2,1-2H3,(H,26,30)/b6-3+/t17-,18-,20+,21-/m1/s1. The summed E-state index contributed by atoms with van der Waals surface area (Å²) < 4.78 is 1.68. The number of aliphatic hydroxyl groups excluding tert-OH is 1. The molecule has 0 spiro atoms. The van der Waals surface area contributed by atoms with Gasteiger partial charge in [-0.25, -0.2) is 0 Å². The number of fused-ring (bicyclic) bond motifs is 3. The molecule has 0 saturated carbocycles. The molecule has 8 heteroatoms. The molecule has 168 valence electrons. The third-order valence-corrected chi connectivity index (χ3v) is 6.41. The summed E-state index contributed by atoms with van der Waals surface area (Å²) >= 11 is 0. The Labute approximate surface area is 186 Å². The Morgan fingerprint density at radius 2 is 2.12 bits per heavy atom. The zero-order valence-electron chi connectivity index (χ0n) is 18.3. The molecule has 1 fully saturated rings. The van der Waals surface area contributed by atoms with Crippen LogP contribution >= 0.6 is 0 Å². The largest absolute Gasteiger partial charge is 0.396 e. The summed E-state index contributed by atoms with van der Waals surface area (Å²) in [6.45, 7) is 4.38. The van der Waals surface area contributed by atoms with E-state index in [9.17, 15) is 19.5 Å². The zero-order valence-corrected chi connectivity index (χ0v) is 18.3. The van der Waals surface area contributed by atoms with Crippen LogP contribution in [0.3, 0.4) is 0 Å². The quantitative estimate of drug-likeness (QED) is 0.716. The predicted octanol–water partition coefficient (Wildman–Crippen LogP) is 1.61. The van der Waals surface area contributed by atoms with Gasteiger partial charge in [-0.15, -0.1) is 0 Å². The minimum absolute atomic E-state index is 0.132. The number of carbonyl (C=O) groups is 2. The van der Waals surface area contributed by atoms with Gasteiger partial charge in [-0.2, -0.15) is 0 Å². The summed E-state index contributed by atoms with van der Waals surface area (Å²) in [6.07, 6.45) is 7.38. The molecular weight excluding hydrogens is 408 g/mol. The summed E-state index contributed by atoms with van der Waals surface area (Å²) in [5, 5.41) is 13.2. The van der Waals surface area contributed by atoms with E-state index in [0.29, 0.717) is 29.9 Å². The Kier molecular flexibility index (Phi) is 6.23. The average molecular weight is 437 g/mol. The van der Waals surface area contributed by atoms with Gasteiger partial charge in [0.1, 0.15) is 6.04 Å². The van der Waals surface area contributed by atoms with E-state index < -0.39 is 18.0 Å². The second-order valence-electron chi connectivity index (χ2n) is 8.27. The van der Waals surface area contributed by atoms with Crippen LogP contribution in [-0.2, 0) is 11.3 Å². The summed E-state index contributed by atoms with van der Waals surface area (Å²) in [5.74, 6) is -1.34. The smallest absolute Gasteiger partial charge is 0.258 e. The van der Waals surface area contributed by atoms with Crippen molar-refractivity contribution in [2.75, 3.05) is 13.2 Å². The molecule has 2 amide bonds. The molecule has 2 aromatic heterocycles. The molecule has 0 radical (unpaired) electrons. The third-order valence-electron chi connectivity index (χ3n) is 6.41. The summed E-state index contributed by atoms with van der Waals surface area (Å²) in [6, 6.07) is 5.63. The van der Waals surface area contributed by atoms with Crippen molar-refractivity contribution in [2.24, 2.45) is 11.8 Å². The molecule has 2 aliphatic heterocycles. The third kappa shape index (κ3) is 3.54. The zero-order chi connectivity index (χ0) is 22.8. The number of allylic oxidation sites excluding steroid dienone is 1. The molecule has 4 atom stereocenters. The molecule has 1 saturated heterocycles. The van der Waals surface area contributed by atoms with E-state index in [4.69, 9.17) is 0 Å². The number of carbonyl (C=O) groups excluding carboxylic acids is 2. The highest BCUT2D eigenvalue weighted by Gasteiger charge is 2.57. The van der Waals surface area contributed by atoms with E-state index in [1.165, 1.54) is 6.20 Å². The molecule has 8 nitrogen and oxygen atoms in total. The monoisotopic (exact) mass is 436 g/mol. The fourth-order valence-corrected chi connectivity index (χ4v) is 5.02. The van der Waals surface area contributed by atoms with E-state index in [1.807, 2.05) is 26.0 Å². The van der Waals surface area contributed by atoms with Crippen LogP contribution in [0.4, 0.5) is 0 Å². The van der Waals surface area contributed by atoms with Gasteiger partial charge in [-0.1, -0.05) is 19.1 Å². The highest BCUT2D eigenvalue weighted by Crippen LogP contribution is 2.49. The molecule has 0 aromatic carbocycles. The van der Waals surface area contributed by atoms with Gasteiger partial charge < -0.3 is 19.9 Å².